The fourth-order valence-electron chi connectivity index (χ4n) is 3.41. The molecule has 0 spiro atoms. The Morgan fingerprint density at radius 1 is 0.969 bits per heavy atom. The zero-order valence-electron chi connectivity index (χ0n) is 16.9. The molecule has 0 saturated carbocycles. The summed E-state index contributed by atoms with van der Waals surface area (Å²) in [6.07, 6.45) is 2.27. The van der Waals surface area contributed by atoms with Crippen LogP contribution in [0.1, 0.15) is 12.3 Å². The summed E-state index contributed by atoms with van der Waals surface area (Å²) in [5.41, 5.74) is 3.37. The van der Waals surface area contributed by atoms with Gasteiger partial charge in [0.1, 0.15) is 5.01 Å². The van der Waals surface area contributed by atoms with E-state index >= 15 is 0 Å². The Hall–Kier alpha value is -3.48. The predicted octanol–water partition coefficient (Wildman–Crippen LogP) is 6.84. The van der Waals surface area contributed by atoms with Crippen LogP contribution in [0, 0.1) is 0 Å². The van der Waals surface area contributed by atoms with Crippen molar-refractivity contribution in [1.29, 1.82) is 0 Å². The van der Waals surface area contributed by atoms with E-state index in [0.717, 1.165) is 32.0 Å². The Labute approximate surface area is 193 Å². The monoisotopic (exact) mass is 459 g/mol. The molecule has 0 saturated heterocycles. The van der Waals surface area contributed by atoms with E-state index < -0.39 is 0 Å². The number of halogens is 1. The van der Waals surface area contributed by atoms with Crippen molar-refractivity contribution in [3.05, 3.63) is 89.9 Å². The van der Waals surface area contributed by atoms with Crippen LogP contribution < -0.4 is 5.32 Å². The Morgan fingerprint density at radius 3 is 2.56 bits per heavy atom. The van der Waals surface area contributed by atoms with Gasteiger partial charge >= 0.3 is 0 Å². The van der Waals surface area contributed by atoms with Gasteiger partial charge in [0.05, 0.1) is 27.1 Å². The zero-order valence-corrected chi connectivity index (χ0v) is 18.5. The first-order valence-electron chi connectivity index (χ1n) is 10.1. The van der Waals surface area contributed by atoms with Crippen LogP contribution in [0.25, 0.3) is 32.1 Å². The Morgan fingerprint density at radius 2 is 1.72 bits per heavy atom. The lowest BCUT2D eigenvalue weighted by molar-refractivity contribution is -0.116. The molecule has 5 rings (SSSR count). The van der Waals surface area contributed by atoms with Gasteiger partial charge in [0.25, 0.3) is 0 Å². The third-order valence-corrected chi connectivity index (χ3v) is 6.38. The minimum absolute atomic E-state index is 0.115. The molecule has 7 heteroatoms. The molecule has 0 aliphatic carbocycles. The second-order valence-electron chi connectivity index (χ2n) is 7.18. The van der Waals surface area contributed by atoms with Gasteiger partial charge in [-0.1, -0.05) is 48.0 Å². The van der Waals surface area contributed by atoms with Crippen molar-refractivity contribution in [3.8, 4) is 21.9 Å². The highest BCUT2D eigenvalue weighted by atomic mass is 35.5. The van der Waals surface area contributed by atoms with Gasteiger partial charge in [0.2, 0.25) is 5.91 Å². The second kappa shape index (κ2) is 8.94. The van der Waals surface area contributed by atoms with Crippen LogP contribution in [0.4, 0.5) is 5.69 Å². The molecule has 0 aliphatic heterocycles. The van der Waals surface area contributed by atoms with Gasteiger partial charge in [0, 0.05) is 24.0 Å². The molecule has 0 fully saturated rings. The number of oxazole rings is 1. The maximum Gasteiger partial charge on any atom is 0.224 e. The molecule has 3 aromatic carbocycles. The van der Waals surface area contributed by atoms with Crippen LogP contribution >= 0.6 is 22.9 Å². The number of anilines is 1. The smallest absolute Gasteiger partial charge is 0.224 e. The quantitative estimate of drug-likeness (QED) is 0.301. The summed E-state index contributed by atoms with van der Waals surface area (Å²) < 4.78 is 6.91. The van der Waals surface area contributed by atoms with Crippen molar-refractivity contribution in [3.63, 3.8) is 0 Å². The number of hydrogen-bond acceptors (Lipinski definition) is 5. The number of carbonyl (C=O) groups is 1. The first kappa shape index (κ1) is 20.4. The Kier molecular flexibility index (Phi) is 5.71. The molecule has 0 unspecified atom stereocenters. The number of aryl methyl sites for hydroxylation is 1. The van der Waals surface area contributed by atoms with E-state index in [-0.39, 0.29) is 12.3 Å². The molecule has 5 aromatic rings. The van der Waals surface area contributed by atoms with Crippen molar-refractivity contribution in [2.24, 2.45) is 0 Å². The van der Waals surface area contributed by atoms with Crippen LogP contribution in [0.5, 0.6) is 0 Å². The van der Waals surface area contributed by atoms with Crippen LogP contribution in [0.15, 0.2) is 83.4 Å². The largest absolute Gasteiger partial charge is 0.441 e. The number of fused-ring (bicyclic) bond motifs is 1. The molecular weight excluding hydrogens is 442 g/mol. The SMILES string of the molecule is O=C(CCc1ncc(-c2ccccc2Cl)o1)Nc1ccccc1-c1nc2ccccc2s1. The average molecular weight is 460 g/mol. The summed E-state index contributed by atoms with van der Waals surface area (Å²) in [5, 5.41) is 4.48. The molecule has 2 heterocycles. The molecule has 0 atom stereocenters. The molecule has 5 nitrogen and oxygen atoms in total. The lowest BCUT2D eigenvalue weighted by atomic mass is 10.1. The van der Waals surface area contributed by atoms with Crippen molar-refractivity contribution >= 4 is 44.7 Å². The first-order chi connectivity index (χ1) is 15.7. The standard InChI is InChI=1S/C25H18ClN3O2S/c26-18-9-3-1-7-16(18)21-15-27-24(31-21)14-13-23(30)28-19-10-4-2-8-17(19)25-29-20-11-5-6-12-22(20)32-25/h1-12,15H,13-14H2,(H,28,30). The molecule has 1 N–H and O–H groups in total. The molecule has 0 bridgehead atoms. The number of benzene rings is 3. The van der Waals surface area contributed by atoms with E-state index in [0.29, 0.717) is 23.1 Å². The summed E-state index contributed by atoms with van der Waals surface area (Å²) >= 11 is 7.83. The van der Waals surface area contributed by atoms with Gasteiger partial charge in [-0.2, -0.15) is 0 Å². The van der Waals surface area contributed by atoms with E-state index in [2.05, 4.69) is 10.3 Å². The van der Waals surface area contributed by atoms with Crippen molar-refractivity contribution in [2.75, 3.05) is 5.32 Å². The minimum Gasteiger partial charge on any atom is -0.441 e. The van der Waals surface area contributed by atoms with Gasteiger partial charge in [-0.15, -0.1) is 11.3 Å². The Bertz CT molecular complexity index is 1380. The van der Waals surface area contributed by atoms with Crippen molar-refractivity contribution in [2.45, 2.75) is 12.8 Å². The van der Waals surface area contributed by atoms with Crippen LogP contribution in [-0.2, 0) is 11.2 Å². The molecule has 32 heavy (non-hydrogen) atoms. The highest BCUT2D eigenvalue weighted by Crippen LogP contribution is 2.34. The number of hydrogen-bond donors (Lipinski definition) is 1. The number of rotatable bonds is 6. The predicted molar refractivity (Wildman–Crippen MR) is 129 cm³/mol. The number of aromatic nitrogens is 2. The third-order valence-electron chi connectivity index (χ3n) is 4.98. The van der Waals surface area contributed by atoms with E-state index in [1.165, 1.54) is 0 Å². The maximum absolute atomic E-state index is 12.7. The summed E-state index contributed by atoms with van der Waals surface area (Å²) in [7, 11) is 0. The molecule has 2 aromatic heterocycles. The van der Waals surface area contributed by atoms with Crippen molar-refractivity contribution in [1.82, 2.24) is 9.97 Å². The van der Waals surface area contributed by atoms with Crippen LogP contribution in [-0.4, -0.2) is 15.9 Å². The molecular formula is C25H18ClN3O2S. The maximum atomic E-state index is 12.7. The van der Waals surface area contributed by atoms with E-state index in [1.54, 1.807) is 23.6 Å². The topological polar surface area (TPSA) is 68.0 Å². The minimum atomic E-state index is -0.115. The second-order valence-corrected chi connectivity index (χ2v) is 8.62. The highest BCUT2D eigenvalue weighted by molar-refractivity contribution is 7.21. The van der Waals surface area contributed by atoms with Crippen molar-refractivity contribution < 1.29 is 9.21 Å². The van der Waals surface area contributed by atoms with E-state index in [9.17, 15) is 4.79 Å². The Balaban J connectivity index is 1.28. The number of amides is 1. The van der Waals surface area contributed by atoms with Gasteiger partial charge in [-0.3, -0.25) is 4.79 Å². The lowest BCUT2D eigenvalue weighted by Gasteiger charge is -2.08. The zero-order chi connectivity index (χ0) is 21.9. The van der Waals surface area contributed by atoms with Gasteiger partial charge in [0.15, 0.2) is 11.7 Å². The van der Waals surface area contributed by atoms with Gasteiger partial charge in [-0.25, -0.2) is 9.97 Å². The van der Waals surface area contributed by atoms with E-state index in [4.69, 9.17) is 21.0 Å². The number of nitrogens with zero attached hydrogens (tertiary/aromatic N) is 2. The molecule has 0 radical (unpaired) electrons. The summed E-state index contributed by atoms with van der Waals surface area (Å²) in [5.74, 6) is 0.970. The molecule has 0 aliphatic rings. The van der Waals surface area contributed by atoms with E-state index in [1.807, 2.05) is 66.7 Å². The normalized spacial score (nSPS) is 11.0. The average Bonchev–Trinajstić information content (AvgIpc) is 3.45. The fourth-order valence-corrected chi connectivity index (χ4v) is 4.64. The van der Waals surface area contributed by atoms with Crippen LogP contribution in [0.2, 0.25) is 5.02 Å². The lowest BCUT2D eigenvalue weighted by Crippen LogP contribution is -2.13. The molecule has 1 amide bonds. The number of thiazole rings is 1. The number of para-hydroxylation sites is 2. The number of nitrogens with one attached hydrogen (secondary N) is 1. The van der Waals surface area contributed by atoms with Gasteiger partial charge < -0.3 is 9.73 Å². The first-order valence-corrected chi connectivity index (χ1v) is 11.3. The summed E-state index contributed by atoms with van der Waals surface area (Å²) in [4.78, 5) is 21.7. The fraction of sp³-hybridized carbons (Fsp3) is 0.0800. The van der Waals surface area contributed by atoms with Crippen LogP contribution in [0.3, 0.4) is 0 Å². The van der Waals surface area contributed by atoms with Gasteiger partial charge in [-0.05, 0) is 36.4 Å². The summed E-state index contributed by atoms with van der Waals surface area (Å²) in [6.45, 7) is 0. The summed E-state index contributed by atoms with van der Waals surface area (Å²) in [6, 6.07) is 23.1. The highest BCUT2D eigenvalue weighted by Gasteiger charge is 2.14. The number of carbonyl (C=O) groups excluding carboxylic acids is 1. The molecule has 158 valence electrons. The third kappa shape index (κ3) is 4.28.